The van der Waals surface area contributed by atoms with Crippen molar-refractivity contribution in [3.63, 3.8) is 0 Å². The number of hydrogen-bond donors (Lipinski definition) is 0. The lowest BCUT2D eigenvalue weighted by Crippen LogP contribution is -1.77. The van der Waals surface area contributed by atoms with Crippen LogP contribution in [0.4, 0.5) is 0 Å². The maximum Gasteiger partial charge on any atom is 0.187 e. The molecular weight excluding hydrogens is 160 g/mol. The molecule has 0 unspecified atom stereocenters. The van der Waals surface area contributed by atoms with Crippen LogP contribution in [0.1, 0.15) is 0 Å². The SMILES string of the molecule is O=c1cc1-c1ccccc1Cl. The fourth-order valence-electron chi connectivity index (χ4n) is 0.985. The second kappa shape index (κ2) is 2.21. The van der Waals surface area contributed by atoms with Crippen LogP contribution in [0.2, 0.25) is 5.02 Å². The van der Waals surface area contributed by atoms with Crippen molar-refractivity contribution in [1.29, 1.82) is 0 Å². The second-order valence-electron chi connectivity index (χ2n) is 2.40. The van der Waals surface area contributed by atoms with Gasteiger partial charge < -0.3 is 0 Å². The molecule has 0 heterocycles. The van der Waals surface area contributed by atoms with Crippen LogP contribution >= 0.6 is 11.6 Å². The molecule has 0 saturated heterocycles. The summed E-state index contributed by atoms with van der Waals surface area (Å²) >= 11 is 5.83. The third-order valence-corrected chi connectivity index (χ3v) is 1.95. The fourth-order valence-corrected chi connectivity index (χ4v) is 1.22. The van der Waals surface area contributed by atoms with Gasteiger partial charge in [-0.2, -0.15) is 0 Å². The van der Waals surface area contributed by atoms with Gasteiger partial charge in [-0.1, -0.05) is 29.8 Å². The first-order valence-corrected chi connectivity index (χ1v) is 3.68. The molecule has 0 aliphatic carbocycles. The van der Waals surface area contributed by atoms with E-state index in [0.717, 1.165) is 11.1 Å². The minimum Gasteiger partial charge on any atom is -0.289 e. The Kier molecular flexibility index (Phi) is 1.33. The zero-order chi connectivity index (χ0) is 7.84. The number of hydrogen-bond acceptors (Lipinski definition) is 1. The molecule has 2 heteroatoms. The normalized spacial score (nSPS) is 10.6. The van der Waals surface area contributed by atoms with Crippen LogP contribution in [0.15, 0.2) is 35.1 Å². The molecule has 0 saturated carbocycles. The summed E-state index contributed by atoms with van der Waals surface area (Å²) in [5, 5.41) is 0.643. The van der Waals surface area contributed by atoms with Crippen molar-refractivity contribution in [3.8, 4) is 11.1 Å². The van der Waals surface area contributed by atoms with E-state index >= 15 is 0 Å². The highest BCUT2D eigenvalue weighted by molar-refractivity contribution is 6.33. The molecule has 2 aromatic rings. The van der Waals surface area contributed by atoms with Gasteiger partial charge in [0.2, 0.25) is 0 Å². The Morgan fingerprint density at radius 3 is 2.27 bits per heavy atom. The van der Waals surface area contributed by atoms with Crippen molar-refractivity contribution < 1.29 is 0 Å². The molecule has 2 rings (SSSR count). The standard InChI is InChI=1S/C9H5ClO/c10-8-4-2-1-3-6(8)7-5-9(7)11/h1-5H. The summed E-state index contributed by atoms with van der Waals surface area (Å²) < 4.78 is 0. The first kappa shape index (κ1) is 6.62. The second-order valence-corrected chi connectivity index (χ2v) is 2.81. The Labute approximate surface area is 68.9 Å². The average molecular weight is 165 g/mol. The summed E-state index contributed by atoms with van der Waals surface area (Å²) in [5.74, 6) is 0. The molecule has 0 N–H and O–H groups in total. The minimum atomic E-state index is 0.0955. The predicted molar refractivity (Wildman–Crippen MR) is 45.5 cm³/mol. The monoisotopic (exact) mass is 164 g/mol. The highest BCUT2D eigenvalue weighted by Gasteiger charge is 2.12. The molecule has 0 aliphatic heterocycles. The van der Waals surface area contributed by atoms with Gasteiger partial charge in [-0.25, -0.2) is 0 Å². The van der Waals surface area contributed by atoms with Gasteiger partial charge in [-0.3, -0.25) is 4.79 Å². The molecule has 1 nitrogen and oxygen atoms in total. The smallest absolute Gasteiger partial charge is 0.187 e. The van der Waals surface area contributed by atoms with Crippen LogP contribution in [0.5, 0.6) is 0 Å². The average Bonchev–Trinajstić information content (AvgIpc) is 2.68. The van der Waals surface area contributed by atoms with Crippen LogP contribution in [0.25, 0.3) is 11.1 Å². The zero-order valence-electron chi connectivity index (χ0n) is 5.67. The third kappa shape index (κ3) is 1.08. The van der Waals surface area contributed by atoms with Gasteiger partial charge in [0.1, 0.15) is 0 Å². The summed E-state index contributed by atoms with van der Waals surface area (Å²) in [6.07, 6.45) is 0. The van der Waals surface area contributed by atoms with E-state index in [2.05, 4.69) is 0 Å². The Morgan fingerprint density at radius 1 is 1.09 bits per heavy atom. The maximum atomic E-state index is 10.7. The molecule has 0 atom stereocenters. The van der Waals surface area contributed by atoms with E-state index in [1.54, 1.807) is 12.1 Å². The quantitative estimate of drug-likeness (QED) is 0.632. The van der Waals surface area contributed by atoms with Crippen molar-refractivity contribution >= 4 is 11.6 Å². The summed E-state index contributed by atoms with van der Waals surface area (Å²) in [6, 6.07) is 8.93. The van der Waals surface area contributed by atoms with Gasteiger partial charge in [0.25, 0.3) is 0 Å². The van der Waals surface area contributed by atoms with E-state index in [9.17, 15) is 4.79 Å². The largest absolute Gasteiger partial charge is 0.289 e. The first-order chi connectivity index (χ1) is 5.29. The Bertz CT molecular complexity index is 397. The highest BCUT2D eigenvalue weighted by atomic mass is 35.5. The van der Waals surface area contributed by atoms with Crippen LogP contribution < -0.4 is 5.43 Å². The van der Waals surface area contributed by atoms with Crippen LogP contribution in [0.3, 0.4) is 0 Å². The van der Waals surface area contributed by atoms with Gasteiger partial charge in [0, 0.05) is 16.1 Å². The van der Waals surface area contributed by atoms with Gasteiger partial charge in [0.05, 0.1) is 0 Å². The lowest BCUT2D eigenvalue weighted by atomic mass is 10.2. The van der Waals surface area contributed by atoms with E-state index < -0.39 is 0 Å². The minimum absolute atomic E-state index is 0.0955. The van der Waals surface area contributed by atoms with E-state index in [-0.39, 0.29) is 5.43 Å². The Morgan fingerprint density at radius 2 is 1.73 bits per heavy atom. The molecule has 11 heavy (non-hydrogen) atoms. The van der Waals surface area contributed by atoms with E-state index in [1.165, 1.54) is 0 Å². The molecule has 0 aromatic heterocycles. The summed E-state index contributed by atoms with van der Waals surface area (Å²) in [6.45, 7) is 0. The van der Waals surface area contributed by atoms with Crippen LogP contribution in [-0.4, -0.2) is 0 Å². The van der Waals surface area contributed by atoms with Crippen molar-refractivity contribution in [2.75, 3.05) is 0 Å². The molecule has 0 spiro atoms. The van der Waals surface area contributed by atoms with Gasteiger partial charge in [-0.15, -0.1) is 0 Å². The molecule has 54 valence electrons. The third-order valence-electron chi connectivity index (χ3n) is 1.62. The molecule has 0 aliphatic rings. The summed E-state index contributed by atoms with van der Waals surface area (Å²) in [4.78, 5) is 10.7. The predicted octanol–water partition coefficient (Wildman–Crippen LogP) is 2.24. The van der Waals surface area contributed by atoms with Gasteiger partial charge in [-0.05, 0) is 12.1 Å². The maximum absolute atomic E-state index is 10.7. The van der Waals surface area contributed by atoms with E-state index in [4.69, 9.17) is 11.6 Å². The number of halogens is 1. The Hall–Kier alpha value is -1.08. The molecule has 0 radical (unpaired) electrons. The zero-order valence-corrected chi connectivity index (χ0v) is 6.43. The highest BCUT2D eigenvalue weighted by Crippen LogP contribution is 2.26. The molecular formula is C9H5ClO. The number of rotatable bonds is 1. The first-order valence-electron chi connectivity index (χ1n) is 3.30. The van der Waals surface area contributed by atoms with Crippen molar-refractivity contribution in [2.24, 2.45) is 0 Å². The van der Waals surface area contributed by atoms with E-state index in [0.29, 0.717) is 5.02 Å². The molecule has 0 bridgehead atoms. The van der Waals surface area contributed by atoms with Crippen molar-refractivity contribution in [3.05, 3.63) is 45.6 Å². The lowest BCUT2D eigenvalue weighted by molar-refractivity contribution is 1.70. The van der Waals surface area contributed by atoms with Crippen LogP contribution in [0, 0.1) is 0 Å². The lowest BCUT2D eigenvalue weighted by Gasteiger charge is -1.93. The number of benzene rings is 1. The van der Waals surface area contributed by atoms with Crippen molar-refractivity contribution in [2.45, 2.75) is 0 Å². The summed E-state index contributed by atoms with van der Waals surface area (Å²) in [7, 11) is 0. The van der Waals surface area contributed by atoms with E-state index in [1.807, 2.05) is 18.2 Å². The molecule has 2 aromatic carbocycles. The summed E-state index contributed by atoms with van der Waals surface area (Å²) in [5.41, 5.74) is 1.69. The van der Waals surface area contributed by atoms with Gasteiger partial charge >= 0.3 is 0 Å². The molecule has 0 amide bonds. The molecule has 0 fully saturated rings. The Balaban J connectivity index is 2.56. The van der Waals surface area contributed by atoms with Crippen molar-refractivity contribution in [1.82, 2.24) is 0 Å². The van der Waals surface area contributed by atoms with Crippen LogP contribution in [-0.2, 0) is 0 Å². The fraction of sp³-hybridized carbons (Fsp3) is 0. The van der Waals surface area contributed by atoms with Gasteiger partial charge in [0.15, 0.2) is 5.43 Å². The topological polar surface area (TPSA) is 17.1 Å².